The van der Waals surface area contributed by atoms with Gasteiger partial charge in [0.1, 0.15) is 24.1 Å². The Kier molecular flexibility index (Phi) is 9.14. The lowest BCUT2D eigenvalue weighted by atomic mass is 10.1. The van der Waals surface area contributed by atoms with Crippen molar-refractivity contribution in [3.05, 3.63) is 84.2 Å². The molecule has 1 atom stereocenters. The van der Waals surface area contributed by atoms with Crippen LogP contribution in [0.2, 0.25) is 0 Å². The number of para-hydroxylation sites is 1. The molecule has 0 aliphatic carbocycles. The van der Waals surface area contributed by atoms with Gasteiger partial charge >= 0.3 is 0 Å². The zero-order chi connectivity index (χ0) is 23.5. The average molecular weight is 466 g/mol. The van der Waals surface area contributed by atoms with Gasteiger partial charge in [0.05, 0.1) is 18.4 Å². The first kappa shape index (κ1) is 24.1. The first-order valence-corrected chi connectivity index (χ1v) is 11.9. The molecule has 2 amide bonds. The van der Waals surface area contributed by atoms with E-state index in [1.807, 2.05) is 30.5 Å². The number of pyridine rings is 1. The molecule has 0 spiro atoms. The number of anilines is 1. The van der Waals surface area contributed by atoms with Crippen molar-refractivity contribution in [2.75, 3.05) is 24.4 Å². The maximum atomic E-state index is 13.0. The van der Waals surface area contributed by atoms with E-state index >= 15 is 0 Å². The largest absolute Gasteiger partial charge is 0.496 e. The van der Waals surface area contributed by atoms with E-state index in [0.717, 1.165) is 11.4 Å². The minimum atomic E-state index is -0.701. The number of methoxy groups -OCH3 is 1. The fraction of sp³-hybridized carbons (Fsp3) is 0.240. The van der Waals surface area contributed by atoms with E-state index in [0.29, 0.717) is 35.8 Å². The van der Waals surface area contributed by atoms with E-state index in [1.165, 1.54) is 7.11 Å². The molecule has 3 aromatic rings. The third-order valence-electron chi connectivity index (χ3n) is 4.80. The maximum absolute atomic E-state index is 13.0. The highest BCUT2D eigenvalue weighted by atomic mass is 32.2. The van der Waals surface area contributed by atoms with Gasteiger partial charge in [-0.15, -0.1) is 0 Å². The molecule has 2 aromatic carbocycles. The molecular formula is C25H27N3O4S. The summed E-state index contributed by atoms with van der Waals surface area (Å²) >= 11 is 1.61. The Morgan fingerprint density at radius 1 is 1.06 bits per heavy atom. The minimum Gasteiger partial charge on any atom is -0.496 e. The van der Waals surface area contributed by atoms with E-state index in [9.17, 15) is 9.59 Å². The molecular weight excluding hydrogens is 438 g/mol. The number of hydrogen-bond acceptors (Lipinski definition) is 6. The van der Waals surface area contributed by atoms with E-state index in [4.69, 9.17) is 9.47 Å². The van der Waals surface area contributed by atoms with Gasteiger partial charge in [-0.2, -0.15) is 11.8 Å². The highest BCUT2D eigenvalue weighted by Crippen LogP contribution is 2.20. The number of nitrogens with one attached hydrogen (secondary N) is 2. The van der Waals surface area contributed by atoms with E-state index in [-0.39, 0.29) is 11.8 Å². The summed E-state index contributed by atoms with van der Waals surface area (Å²) in [5.74, 6) is 1.13. The molecule has 0 aliphatic heterocycles. The molecule has 1 unspecified atom stereocenters. The molecule has 172 valence electrons. The molecule has 0 bridgehead atoms. The number of thioether (sulfide) groups is 1. The standard InChI is InChI=1S/C25H27N3O4S/c1-31-23-12-4-3-11-21(23)24(29)28-22(13-15-33-2)25(30)27-18-9-7-10-20(16-18)32-17-19-8-5-6-14-26-19/h3-12,14,16,22H,13,15,17H2,1-2H3,(H,27,30)(H,28,29). The molecule has 0 saturated heterocycles. The molecule has 0 fully saturated rings. The summed E-state index contributed by atoms with van der Waals surface area (Å²) in [5.41, 5.74) is 1.77. The Morgan fingerprint density at radius 2 is 1.88 bits per heavy atom. The molecule has 8 heteroatoms. The Labute approximate surface area is 197 Å². The van der Waals surface area contributed by atoms with Crippen LogP contribution in [-0.2, 0) is 11.4 Å². The summed E-state index contributed by atoms with van der Waals surface area (Å²) < 4.78 is 11.1. The van der Waals surface area contributed by atoms with Gasteiger partial charge < -0.3 is 20.1 Å². The SMILES string of the molecule is COc1ccccc1C(=O)NC(CCSC)C(=O)Nc1cccc(OCc2ccccn2)c1. The number of nitrogens with zero attached hydrogens (tertiary/aromatic N) is 1. The van der Waals surface area contributed by atoms with Crippen molar-refractivity contribution in [2.24, 2.45) is 0 Å². The number of amides is 2. The minimum absolute atomic E-state index is 0.297. The number of aromatic nitrogens is 1. The average Bonchev–Trinajstić information content (AvgIpc) is 2.86. The molecule has 0 saturated carbocycles. The van der Waals surface area contributed by atoms with E-state index in [2.05, 4.69) is 15.6 Å². The second-order valence-electron chi connectivity index (χ2n) is 7.13. The molecule has 2 N–H and O–H groups in total. The number of benzene rings is 2. The Morgan fingerprint density at radius 3 is 2.64 bits per heavy atom. The van der Waals surface area contributed by atoms with Crippen LogP contribution >= 0.6 is 11.8 Å². The summed E-state index contributed by atoms with van der Waals surface area (Å²) in [6.45, 7) is 0.323. The fourth-order valence-corrected chi connectivity index (χ4v) is 3.58. The van der Waals surface area contributed by atoms with Crippen LogP contribution < -0.4 is 20.1 Å². The van der Waals surface area contributed by atoms with Gasteiger partial charge in [-0.05, 0) is 54.8 Å². The lowest BCUT2D eigenvalue weighted by Crippen LogP contribution is -2.44. The zero-order valence-electron chi connectivity index (χ0n) is 18.6. The Balaban J connectivity index is 1.66. The van der Waals surface area contributed by atoms with Crippen LogP contribution in [-0.4, -0.2) is 42.0 Å². The number of ether oxygens (including phenoxy) is 2. The van der Waals surface area contributed by atoms with Crippen LogP contribution in [0.5, 0.6) is 11.5 Å². The van der Waals surface area contributed by atoms with Crippen molar-refractivity contribution < 1.29 is 19.1 Å². The lowest BCUT2D eigenvalue weighted by Gasteiger charge is -2.19. The topological polar surface area (TPSA) is 89.5 Å². The first-order chi connectivity index (χ1) is 16.1. The van der Waals surface area contributed by atoms with E-state index < -0.39 is 6.04 Å². The van der Waals surface area contributed by atoms with Crippen LogP contribution in [0.3, 0.4) is 0 Å². The van der Waals surface area contributed by atoms with Crippen molar-refractivity contribution in [3.63, 3.8) is 0 Å². The highest BCUT2D eigenvalue weighted by molar-refractivity contribution is 7.98. The monoisotopic (exact) mass is 465 g/mol. The van der Waals surface area contributed by atoms with Gasteiger partial charge in [0.15, 0.2) is 0 Å². The second-order valence-corrected chi connectivity index (χ2v) is 8.12. The van der Waals surface area contributed by atoms with E-state index in [1.54, 1.807) is 60.4 Å². The first-order valence-electron chi connectivity index (χ1n) is 10.5. The third-order valence-corrected chi connectivity index (χ3v) is 5.44. The van der Waals surface area contributed by atoms with Crippen molar-refractivity contribution in [2.45, 2.75) is 19.1 Å². The van der Waals surface area contributed by atoms with Crippen molar-refractivity contribution in [1.82, 2.24) is 10.3 Å². The predicted molar refractivity (Wildman–Crippen MR) is 131 cm³/mol. The van der Waals surface area contributed by atoms with Crippen LogP contribution in [0.25, 0.3) is 0 Å². The smallest absolute Gasteiger partial charge is 0.255 e. The Hall–Kier alpha value is -3.52. The lowest BCUT2D eigenvalue weighted by molar-refractivity contribution is -0.118. The summed E-state index contributed by atoms with van der Waals surface area (Å²) in [6, 6.07) is 19.0. The Bertz CT molecular complexity index is 1060. The zero-order valence-corrected chi connectivity index (χ0v) is 19.4. The summed E-state index contributed by atoms with van der Waals surface area (Å²) in [4.78, 5) is 30.1. The fourth-order valence-electron chi connectivity index (χ4n) is 3.11. The van der Waals surface area contributed by atoms with Crippen LogP contribution in [0.1, 0.15) is 22.5 Å². The molecule has 7 nitrogen and oxygen atoms in total. The molecule has 3 rings (SSSR count). The van der Waals surface area contributed by atoms with Gasteiger partial charge in [-0.25, -0.2) is 0 Å². The molecule has 0 radical (unpaired) electrons. The van der Waals surface area contributed by atoms with Gasteiger partial charge in [-0.3, -0.25) is 14.6 Å². The van der Waals surface area contributed by atoms with Crippen molar-refractivity contribution in [1.29, 1.82) is 0 Å². The van der Waals surface area contributed by atoms with Gasteiger partial charge in [-0.1, -0.05) is 24.3 Å². The third kappa shape index (κ3) is 7.25. The predicted octanol–water partition coefficient (Wildman–Crippen LogP) is 4.16. The quantitative estimate of drug-likeness (QED) is 0.442. The van der Waals surface area contributed by atoms with Gasteiger partial charge in [0, 0.05) is 18.0 Å². The second kappa shape index (κ2) is 12.5. The normalized spacial score (nSPS) is 11.3. The number of carbonyl (C=O) groups excluding carboxylic acids is 2. The van der Waals surface area contributed by atoms with Crippen LogP contribution in [0.4, 0.5) is 5.69 Å². The molecule has 1 heterocycles. The van der Waals surface area contributed by atoms with Gasteiger partial charge in [0.2, 0.25) is 5.91 Å². The molecule has 1 aromatic heterocycles. The van der Waals surface area contributed by atoms with Crippen LogP contribution in [0, 0.1) is 0 Å². The summed E-state index contributed by atoms with van der Waals surface area (Å²) in [6.07, 6.45) is 4.16. The summed E-state index contributed by atoms with van der Waals surface area (Å²) in [7, 11) is 1.51. The van der Waals surface area contributed by atoms with Gasteiger partial charge in [0.25, 0.3) is 5.91 Å². The maximum Gasteiger partial charge on any atom is 0.255 e. The summed E-state index contributed by atoms with van der Waals surface area (Å²) in [5, 5.41) is 5.73. The number of hydrogen-bond donors (Lipinski definition) is 2. The van der Waals surface area contributed by atoms with Crippen molar-refractivity contribution >= 4 is 29.3 Å². The molecule has 0 aliphatic rings. The van der Waals surface area contributed by atoms with Crippen molar-refractivity contribution in [3.8, 4) is 11.5 Å². The number of carbonyl (C=O) groups is 2. The number of rotatable bonds is 11. The highest BCUT2D eigenvalue weighted by Gasteiger charge is 2.23. The van der Waals surface area contributed by atoms with Crippen LogP contribution in [0.15, 0.2) is 72.9 Å². The molecule has 33 heavy (non-hydrogen) atoms.